The lowest BCUT2D eigenvalue weighted by molar-refractivity contribution is 0.639. The molecule has 2 rings (SSSR count). The van der Waals surface area contributed by atoms with E-state index >= 15 is 0 Å². The number of halogens is 1. The zero-order chi connectivity index (χ0) is 11.5. The SMILES string of the molecule is CCNC(c1cscc1C)c1sccc1Cl. The molecule has 16 heavy (non-hydrogen) atoms. The van der Waals surface area contributed by atoms with Crippen molar-refractivity contribution in [1.29, 1.82) is 0 Å². The molecule has 0 bridgehead atoms. The molecule has 0 saturated carbocycles. The van der Waals surface area contributed by atoms with E-state index in [0.717, 1.165) is 11.6 Å². The molecule has 86 valence electrons. The average molecular weight is 272 g/mol. The van der Waals surface area contributed by atoms with Crippen LogP contribution in [0.3, 0.4) is 0 Å². The van der Waals surface area contributed by atoms with Crippen molar-refractivity contribution in [2.75, 3.05) is 6.54 Å². The van der Waals surface area contributed by atoms with Crippen molar-refractivity contribution in [2.45, 2.75) is 19.9 Å². The van der Waals surface area contributed by atoms with Gasteiger partial charge in [-0.15, -0.1) is 11.3 Å². The predicted molar refractivity (Wildman–Crippen MR) is 73.9 cm³/mol. The molecule has 1 unspecified atom stereocenters. The third-order valence-corrected chi connectivity index (χ3v) is 4.82. The minimum Gasteiger partial charge on any atom is -0.306 e. The van der Waals surface area contributed by atoms with E-state index in [0.29, 0.717) is 0 Å². The topological polar surface area (TPSA) is 12.0 Å². The van der Waals surface area contributed by atoms with Gasteiger partial charge in [-0.25, -0.2) is 0 Å². The molecule has 1 nitrogen and oxygen atoms in total. The Morgan fingerprint density at radius 2 is 2.25 bits per heavy atom. The highest BCUT2D eigenvalue weighted by atomic mass is 35.5. The first-order chi connectivity index (χ1) is 7.74. The molecule has 0 aliphatic rings. The van der Waals surface area contributed by atoms with E-state index in [2.05, 4.69) is 29.9 Å². The Labute approximate surface area is 109 Å². The summed E-state index contributed by atoms with van der Waals surface area (Å²) in [6.45, 7) is 5.21. The van der Waals surface area contributed by atoms with E-state index in [-0.39, 0.29) is 6.04 Å². The van der Waals surface area contributed by atoms with Gasteiger partial charge in [0.15, 0.2) is 0 Å². The second-order valence-corrected chi connectivity index (χ2v) is 5.73. The van der Waals surface area contributed by atoms with E-state index < -0.39 is 0 Å². The van der Waals surface area contributed by atoms with Crippen LogP contribution in [0.15, 0.2) is 22.2 Å². The first kappa shape index (κ1) is 12.1. The van der Waals surface area contributed by atoms with Gasteiger partial charge >= 0.3 is 0 Å². The fraction of sp³-hybridized carbons (Fsp3) is 0.333. The zero-order valence-electron chi connectivity index (χ0n) is 9.29. The number of nitrogens with one attached hydrogen (secondary N) is 1. The van der Waals surface area contributed by atoms with Crippen LogP contribution in [-0.4, -0.2) is 6.54 Å². The smallest absolute Gasteiger partial charge is 0.0696 e. The van der Waals surface area contributed by atoms with Gasteiger partial charge < -0.3 is 5.32 Å². The Morgan fingerprint density at radius 3 is 2.75 bits per heavy atom. The van der Waals surface area contributed by atoms with Crippen molar-refractivity contribution in [3.63, 3.8) is 0 Å². The van der Waals surface area contributed by atoms with Crippen LogP contribution in [0, 0.1) is 6.92 Å². The Bertz CT molecular complexity index is 421. The summed E-state index contributed by atoms with van der Waals surface area (Å²) in [7, 11) is 0. The third kappa shape index (κ3) is 2.33. The van der Waals surface area contributed by atoms with Crippen molar-refractivity contribution in [1.82, 2.24) is 5.32 Å². The summed E-state index contributed by atoms with van der Waals surface area (Å²) in [6, 6.07) is 2.21. The van der Waals surface area contributed by atoms with E-state index in [1.807, 2.05) is 11.4 Å². The average Bonchev–Trinajstić information content (AvgIpc) is 2.84. The molecule has 1 atom stereocenters. The highest BCUT2D eigenvalue weighted by molar-refractivity contribution is 7.10. The first-order valence-electron chi connectivity index (χ1n) is 5.23. The molecule has 2 aromatic heterocycles. The highest BCUT2D eigenvalue weighted by Gasteiger charge is 2.19. The number of aryl methyl sites for hydroxylation is 1. The van der Waals surface area contributed by atoms with Gasteiger partial charge in [0.25, 0.3) is 0 Å². The van der Waals surface area contributed by atoms with Crippen molar-refractivity contribution in [2.24, 2.45) is 0 Å². The van der Waals surface area contributed by atoms with E-state index in [1.165, 1.54) is 16.0 Å². The van der Waals surface area contributed by atoms with Gasteiger partial charge in [0.05, 0.1) is 11.1 Å². The van der Waals surface area contributed by atoms with E-state index in [4.69, 9.17) is 11.6 Å². The minimum absolute atomic E-state index is 0.240. The molecular formula is C12H14ClNS2. The molecule has 2 heterocycles. The maximum atomic E-state index is 6.21. The molecule has 0 saturated heterocycles. The summed E-state index contributed by atoms with van der Waals surface area (Å²) in [6.07, 6.45) is 0. The van der Waals surface area contributed by atoms with Crippen LogP contribution in [0.4, 0.5) is 0 Å². The summed E-state index contributed by atoms with van der Waals surface area (Å²) < 4.78 is 0. The summed E-state index contributed by atoms with van der Waals surface area (Å²) in [5.41, 5.74) is 2.68. The predicted octanol–water partition coefficient (Wildman–Crippen LogP) is 4.47. The second kappa shape index (κ2) is 5.32. The summed E-state index contributed by atoms with van der Waals surface area (Å²) >= 11 is 9.67. The normalized spacial score (nSPS) is 12.9. The lowest BCUT2D eigenvalue weighted by Crippen LogP contribution is -2.21. The van der Waals surface area contributed by atoms with Crippen molar-refractivity contribution in [3.05, 3.63) is 43.2 Å². The van der Waals surface area contributed by atoms with E-state index in [9.17, 15) is 0 Å². The van der Waals surface area contributed by atoms with Crippen molar-refractivity contribution >= 4 is 34.3 Å². The van der Waals surface area contributed by atoms with Gasteiger partial charge in [-0.2, -0.15) is 11.3 Å². The largest absolute Gasteiger partial charge is 0.306 e. The Balaban J connectivity index is 2.39. The van der Waals surface area contributed by atoms with Gasteiger partial charge in [-0.3, -0.25) is 0 Å². The van der Waals surface area contributed by atoms with Crippen molar-refractivity contribution in [3.8, 4) is 0 Å². The van der Waals surface area contributed by atoms with Crippen LogP contribution in [-0.2, 0) is 0 Å². The maximum absolute atomic E-state index is 6.21. The fourth-order valence-corrected chi connectivity index (χ4v) is 3.86. The monoisotopic (exact) mass is 271 g/mol. The lowest BCUT2D eigenvalue weighted by atomic mass is 10.1. The molecule has 2 aromatic rings. The lowest BCUT2D eigenvalue weighted by Gasteiger charge is -2.17. The molecular weight excluding hydrogens is 258 g/mol. The van der Waals surface area contributed by atoms with Gasteiger partial charge in [-0.05, 0) is 46.8 Å². The highest BCUT2D eigenvalue weighted by Crippen LogP contribution is 2.35. The maximum Gasteiger partial charge on any atom is 0.0696 e. The van der Waals surface area contributed by atoms with Gasteiger partial charge in [0.2, 0.25) is 0 Å². The number of thiophene rings is 2. The zero-order valence-corrected chi connectivity index (χ0v) is 11.7. The Hall–Kier alpha value is -0.350. The summed E-state index contributed by atoms with van der Waals surface area (Å²) in [5.74, 6) is 0. The standard InChI is InChI=1S/C12H14ClNS2/c1-3-14-11(9-7-15-6-8(9)2)12-10(13)4-5-16-12/h4-7,11,14H,3H2,1-2H3. The molecule has 0 aliphatic heterocycles. The summed E-state index contributed by atoms with van der Waals surface area (Å²) in [5, 5.41) is 10.8. The fourth-order valence-electron chi connectivity index (χ4n) is 1.73. The van der Waals surface area contributed by atoms with Crippen molar-refractivity contribution < 1.29 is 0 Å². The molecule has 0 spiro atoms. The van der Waals surface area contributed by atoms with Crippen LogP contribution in [0.5, 0.6) is 0 Å². The molecule has 4 heteroatoms. The van der Waals surface area contributed by atoms with Crippen LogP contribution in [0.25, 0.3) is 0 Å². The molecule has 0 amide bonds. The van der Waals surface area contributed by atoms with Gasteiger partial charge in [0.1, 0.15) is 0 Å². The molecule has 0 aromatic carbocycles. The first-order valence-corrected chi connectivity index (χ1v) is 7.43. The van der Waals surface area contributed by atoms with Crippen LogP contribution in [0.1, 0.15) is 29.0 Å². The Kier molecular flexibility index (Phi) is 4.03. The van der Waals surface area contributed by atoms with Crippen LogP contribution < -0.4 is 5.32 Å². The van der Waals surface area contributed by atoms with Gasteiger partial charge in [-0.1, -0.05) is 18.5 Å². The quantitative estimate of drug-likeness (QED) is 0.865. The Morgan fingerprint density at radius 1 is 1.44 bits per heavy atom. The number of rotatable bonds is 4. The molecule has 1 N–H and O–H groups in total. The number of hydrogen-bond acceptors (Lipinski definition) is 3. The number of hydrogen-bond donors (Lipinski definition) is 1. The summed E-state index contributed by atoms with van der Waals surface area (Å²) in [4.78, 5) is 1.21. The minimum atomic E-state index is 0.240. The third-order valence-electron chi connectivity index (χ3n) is 2.52. The second-order valence-electron chi connectivity index (χ2n) is 3.63. The van der Waals surface area contributed by atoms with E-state index in [1.54, 1.807) is 22.7 Å². The van der Waals surface area contributed by atoms with Crippen LogP contribution in [0.2, 0.25) is 5.02 Å². The van der Waals surface area contributed by atoms with Gasteiger partial charge in [0, 0.05) is 4.88 Å². The molecule has 0 radical (unpaired) electrons. The molecule has 0 aliphatic carbocycles. The van der Waals surface area contributed by atoms with Crippen LogP contribution >= 0.6 is 34.3 Å². The molecule has 0 fully saturated rings.